The Balaban J connectivity index is 1.59. The van der Waals surface area contributed by atoms with E-state index in [1.165, 1.54) is 25.7 Å². The molecule has 2 atom stereocenters. The van der Waals surface area contributed by atoms with Crippen LogP contribution in [0.3, 0.4) is 0 Å². The monoisotopic (exact) mass is 208 g/mol. The zero-order valence-corrected chi connectivity index (χ0v) is 9.24. The number of rotatable bonds is 2. The van der Waals surface area contributed by atoms with Crippen molar-refractivity contribution in [3.05, 3.63) is 0 Å². The summed E-state index contributed by atoms with van der Waals surface area (Å²) in [7, 11) is 0. The molecular weight excluding hydrogens is 188 g/mol. The summed E-state index contributed by atoms with van der Waals surface area (Å²) < 4.78 is 0. The molecule has 1 amide bonds. The van der Waals surface area contributed by atoms with E-state index in [1.807, 2.05) is 0 Å². The van der Waals surface area contributed by atoms with Gasteiger partial charge in [-0.3, -0.25) is 10.1 Å². The van der Waals surface area contributed by atoms with Gasteiger partial charge in [0.2, 0.25) is 5.91 Å². The van der Waals surface area contributed by atoms with E-state index in [2.05, 4.69) is 10.2 Å². The Bertz CT molecular complexity index is 256. The summed E-state index contributed by atoms with van der Waals surface area (Å²) >= 11 is 0. The number of carbonyl (C=O) groups is 1. The lowest BCUT2D eigenvalue weighted by atomic mass is 9.91. The van der Waals surface area contributed by atoms with Crippen LogP contribution in [0.1, 0.15) is 38.5 Å². The predicted octanol–water partition coefficient (Wildman–Crippen LogP) is 1.34. The number of nitrogens with zero attached hydrogens (tertiary/aromatic N) is 1. The number of likely N-dealkylation sites (tertiary alicyclic amines) is 1. The van der Waals surface area contributed by atoms with Crippen molar-refractivity contribution in [1.29, 1.82) is 0 Å². The minimum absolute atomic E-state index is 0.359. The van der Waals surface area contributed by atoms with Gasteiger partial charge in [0.25, 0.3) is 0 Å². The molecule has 1 N–H and O–H groups in total. The van der Waals surface area contributed by atoms with Crippen LogP contribution in [0.15, 0.2) is 0 Å². The van der Waals surface area contributed by atoms with Crippen molar-refractivity contribution in [2.45, 2.75) is 44.7 Å². The first-order chi connectivity index (χ1) is 7.34. The molecule has 1 saturated carbocycles. The Kier molecular flexibility index (Phi) is 2.43. The summed E-state index contributed by atoms with van der Waals surface area (Å²) in [5.74, 6) is 2.01. The van der Waals surface area contributed by atoms with Crippen LogP contribution in [0, 0.1) is 11.8 Å². The molecule has 3 rings (SSSR count). The van der Waals surface area contributed by atoms with E-state index in [-0.39, 0.29) is 0 Å². The van der Waals surface area contributed by atoms with Crippen molar-refractivity contribution in [2.24, 2.45) is 11.8 Å². The maximum Gasteiger partial charge on any atom is 0.224 e. The molecule has 1 aliphatic carbocycles. The Hall–Kier alpha value is -0.570. The summed E-state index contributed by atoms with van der Waals surface area (Å²) in [4.78, 5) is 14.1. The lowest BCUT2D eigenvalue weighted by Crippen LogP contribution is -2.49. The first-order valence-electron chi connectivity index (χ1n) is 6.37. The van der Waals surface area contributed by atoms with Crippen LogP contribution in [-0.4, -0.2) is 30.1 Å². The van der Waals surface area contributed by atoms with Gasteiger partial charge in [0.1, 0.15) is 0 Å². The highest BCUT2D eigenvalue weighted by Crippen LogP contribution is 2.42. The van der Waals surface area contributed by atoms with Crippen LogP contribution < -0.4 is 5.32 Å². The van der Waals surface area contributed by atoms with E-state index in [4.69, 9.17) is 0 Å². The fourth-order valence-corrected chi connectivity index (χ4v) is 3.11. The molecule has 3 aliphatic rings. The van der Waals surface area contributed by atoms with Gasteiger partial charge in [0, 0.05) is 13.0 Å². The van der Waals surface area contributed by atoms with E-state index in [0.717, 1.165) is 37.8 Å². The van der Waals surface area contributed by atoms with Crippen molar-refractivity contribution in [2.75, 3.05) is 13.1 Å². The molecule has 0 aromatic carbocycles. The van der Waals surface area contributed by atoms with Gasteiger partial charge < -0.3 is 4.90 Å². The van der Waals surface area contributed by atoms with Crippen molar-refractivity contribution in [3.8, 4) is 0 Å². The maximum atomic E-state index is 12.0. The second kappa shape index (κ2) is 3.78. The van der Waals surface area contributed by atoms with Crippen molar-refractivity contribution in [1.82, 2.24) is 10.2 Å². The quantitative estimate of drug-likeness (QED) is 0.743. The number of hydrogen-bond donors (Lipinski definition) is 1. The summed E-state index contributed by atoms with van der Waals surface area (Å²) in [6.07, 6.45) is 7.55. The van der Waals surface area contributed by atoms with Crippen LogP contribution in [0.4, 0.5) is 0 Å². The molecular formula is C12H20N2O. The van der Waals surface area contributed by atoms with Crippen LogP contribution in [0.25, 0.3) is 0 Å². The zero-order valence-electron chi connectivity index (χ0n) is 9.24. The van der Waals surface area contributed by atoms with Gasteiger partial charge in [0.05, 0.1) is 6.17 Å². The topological polar surface area (TPSA) is 32.3 Å². The van der Waals surface area contributed by atoms with Gasteiger partial charge in [-0.1, -0.05) is 0 Å². The van der Waals surface area contributed by atoms with E-state index < -0.39 is 0 Å². The standard InChI is InChI=1S/C12H20N2O/c15-12-8-10(9-3-4-9)5-7-14(12)11-2-1-6-13-11/h9-11,13H,1-8H2. The summed E-state index contributed by atoms with van der Waals surface area (Å²) in [6, 6.07) is 0. The Morgan fingerprint density at radius 2 is 2.00 bits per heavy atom. The largest absolute Gasteiger partial charge is 0.327 e. The van der Waals surface area contributed by atoms with Crippen LogP contribution in [0.5, 0.6) is 0 Å². The molecule has 0 spiro atoms. The van der Waals surface area contributed by atoms with Gasteiger partial charge in [-0.15, -0.1) is 0 Å². The predicted molar refractivity (Wildman–Crippen MR) is 58.2 cm³/mol. The third-order valence-corrected chi connectivity index (χ3v) is 4.20. The van der Waals surface area contributed by atoms with Crippen LogP contribution in [-0.2, 0) is 4.79 Å². The van der Waals surface area contributed by atoms with Gasteiger partial charge in [-0.05, 0) is 50.5 Å². The summed E-state index contributed by atoms with van der Waals surface area (Å²) in [5.41, 5.74) is 0. The van der Waals surface area contributed by atoms with E-state index in [9.17, 15) is 4.79 Å². The van der Waals surface area contributed by atoms with Gasteiger partial charge in [-0.25, -0.2) is 0 Å². The number of amides is 1. The molecule has 0 aromatic heterocycles. The highest BCUT2D eigenvalue weighted by atomic mass is 16.2. The Labute approximate surface area is 91.2 Å². The molecule has 2 aliphatic heterocycles. The van der Waals surface area contributed by atoms with E-state index in [1.54, 1.807) is 0 Å². The fraction of sp³-hybridized carbons (Fsp3) is 0.917. The molecule has 0 aromatic rings. The normalized spacial score (nSPS) is 37.3. The Morgan fingerprint density at radius 1 is 1.13 bits per heavy atom. The van der Waals surface area contributed by atoms with Gasteiger partial charge >= 0.3 is 0 Å². The minimum atomic E-state index is 0.359. The van der Waals surface area contributed by atoms with E-state index in [0.29, 0.717) is 12.1 Å². The third kappa shape index (κ3) is 1.89. The molecule has 3 fully saturated rings. The second-order valence-electron chi connectivity index (χ2n) is 5.29. The molecule has 3 heteroatoms. The highest BCUT2D eigenvalue weighted by molar-refractivity contribution is 5.77. The van der Waals surface area contributed by atoms with Crippen molar-refractivity contribution >= 4 is 5.91 Å². The molecule has 0 bridgehead atoms. The summed E-state index contributed by atoms with van der Waals surface area (Å²) in [6.45, 7) is 2.08. The maximum absolute atomic E-state index is 12.0. The lowest BCUT2D eigenvalue weighted by molar-refractivity contribution is -0.138. The highest BCUT2D eigenvalue weighted by Gasteiger charge is 2.38. The number of hydrogen-bond acceptors (Lipinski definition) is 2. The average molecular weight is 208 g/mol. The summed E-state index contributed by atoms with van der Waals surface area (Å²) in [5, 5.41) is 3.42. The first kappa shape index (κ1) is 9.64. The lowest BCUT2D eigenvalue weighted by Gasteiger charge is -2.36. The molecule has 15 heavy (non-hydrogen) atoms. The number of nitrogens with one attached hydrogen (secondary N) is 1. The first-order valence-corrected chi connectivity index (χ1v) is 6.37. The van der Waals surface area contributed by atoms with Crippen LogP contribution in [0.2, 0.25) is 0 Å². The number of carbonyl (C=O) groups excluding carboxylic acids is 1. The van der Waals surface area contributed by atoms with Gasteiger partial charge in [-0.2, -0.15) is 0 Å². The second-order valence-corrected chi connectivity index (χ2v) is 5.29. The molecule has 3 nitrogen and oxygen atoms in total. The minimum Gasteiger partial charge on any atom is -0.327 e. The number of piperidine rings is 1. The molecule has 84 valence electrons. The van der Waals surface area contributed by atoms with Crippen LogP contribution >= 0.6 is 0 Å². The average Bonchev–Trinajstić information content (AvgIpc) is 2.95. The fourth-order valence-electron chi connectivity index (χ4n) is 3.11. The van der Waals surface area contributed by atoms with Crippen molar-refractivity contribution < 1.29 is 4.79 Å². The Morgan fingerprint density at radius 3 is 2.60 bits per heavy atom. The molecule has 2 heterocycles. The van der Waals surface area contributed by atoms with Crippen molar-refractivity contribution in [3.63, 3.8) is 0 Å². The molecule has 0 radical (unpaired) electrons. The SMILES string of the molecule is O=C1CC(C2CC2)CCN1C1CCCN1. The third-order valence-electron chi connectivity index (χ3n) is 4.20. The zero-order chi connectivity index (χ0) is 10.3. The molecule has 2 saturated heterocycles. The van der Waals surface area contributed by atoms with E-state index >= 15 is 0 Å². The van der Waals surface area contributed by atoms with Gasteiger partial charge in [0.15, 0.2) is 0 Å². The molecule has 2 unspecified atom stereocenters. The smallest absolute Gasteiger partial charge is 0.224 e.